The van der Waals surface area contributed by atoms with Crippen molar-refractivity contribution in [3.05, 3.63) is 36.8 Å². The summed E-state index contributed by atoms with van der Waals surface area (Å²) in [7, 11) is 3.68. The van der Waals surface area contributed by atoms with E-state index in [1.807, 2.05) is 31.3 Å². The third-order valence-electron chi connectivity index (χ3n) is 6.24. The largest absolute Gasteiger partial charge is 0.507 e. The number of benzene rings is 1. The van der Waals surface area contributed by atoms with Crippen LogP contribution in [0.2, 0.25) is 0 Å². The second-order valence-electron chi connectivity index (χ2n) is 8.18. The van der Waals surface area contributed by atoms with Gasteiger partial charge in [-0.3, -0.25) is 4.68 Å². The highest BCUT2D eigenvalue weighted by Crippen LogP contribution is 2.34. The number of phenolic OH excluding ortho intramolecular Hbond substituents is 1. The molecule has 3 aromatic rings. The van der Waals surface area contributed by atoms with E-state index in [1.54, 1.807) is 29.2 Å². The molecule has 0 radical (unpaired) electrons. The highest BCUT2D eigenvalue weighted by atomic mass is 19.1. The van der Waals surface area contributed by atoms with Crippen LogP contribution in [0.5, 0.6) is 5.75 Å². The maximum absolute atomic E-state index is 14.8. The first-order valence-corrected chi connectivity index (χ1v) is 10.1. The Morgan fingerprint density at radius 1 is 1.20 bits per heavy atom. The molecule has 0 amide bonds. The zero-order chi connectivity index (χ0) is 20.8. The van der Waals surface area contributed by atoms with E-state index in [9.17, 15) is 9.50 Å². The minimum absolute atomic E-state index is 0.0676. The van der Waals surface area contributed by atoms with Gasteiger partial charge in [0.1, 0.15) is 11.9 Å². The number of hydrogen-bond donors (Lipinski definition) is 2. The molecule has 2 fully saturated rings. The van der Waals surface area contributed by atoms with Crippen molar-refractivity contribution in [1.29, 1.82) is 0 Å². The molecule has 2 saturated heterocycles. The molecule has 0 saturated carbocycles. The lowest BCUT2D eigenvalue weighted by molar-refractivity contribution is 0.176. The lowest BCUT2D eigenvalue weighted by Gasteiger charge is -2.38. The molecule has 2 N–H and O–H groups in total. The average Bonchev–Trinajstić information content (AvgIpc) is 3.37. The van der Waals surface area contributed by atoms with E-state index in [2.05, 4.69) is 25.6 Å². The number of alkyl halides is 1. The van der Waals surface area contributed by atoms with Crippen molar-refractivity contribution in [2.45, 2.75) is 43.6 Å². The predicted octanol–water partition coefficient (Wildman–Crippen LogP) is 2.31. The third kappa shape index (κ3) is 3.28. The summed E-state index contributed by atoms with van der Waals surface area (Å²) >= 11 is 0. The molecule has 8 nitrogen and oxygen atoms in total. The van der Waals surface area contributed by atoms with Gasteiger partial charge in [0.25, 0.3) is 0 Å². The van der Waals surface area contributed by atoms with Gasteiger partial charge in [0, 0.05) is 37.9 Å². The lowest BCUT2D eigenvalue weighted by Crippen LogP contribution is -2.55. The van der Waals surface area contributed by atoms with Crippen molar-refractivity contribution in [3.63, 3.8) is 0 Å². The SMILES string of the molecule is CN(c1cnc(-c2ccc(-c3cnn(C)c3)cc2O)nn1)[C@@H]1C[C@@H]2CC[C@H](N2)[C@@H]1F. The van der Waals surface area contributed by atoms with Crippen LogP contribution in [0.4, 0.5) is 10.2 Å². The summed E-state index contributed by atoms with van der Waals surface area (Å²) < 4.78 is 16.5. The van der Waals surface area contributed by atoms with Crippen LogP contribution in [0.1, 0.15) is 19.3 Å². The quantitative estimate of drug-likeness (QED) is 0.683. The Kier molecular flexibility index (Phi) is 4.62. The van der Waals surface area contributed by atoms with Crippen LogP contribution in [0.25, 0.3) is 22.5 Å². The van der Waals surface area contributed by atoms with E-state index >= 15 is 0 Å². The summed E-state index contributed by atoms with van der Waals surface area (Å²) in [5.74, 6) is 0.918. The number of phenols is 1. The normalized spacial score (nSPS) is 25.4. The number of nitrogens with zero attached hydrogens (tertiary/aromatic N) is 6. The van der Waals surface area contributed by atoms with Crippen LogP contribution in [0, 0.1) is 0 Å². The highest BCUT2D eigenvalue weighted by Gasteiger charge is 2.43. The van der Waals surface area contributed by atoms with Crippen molar-refractivity contribution < 1.29 is 9.50 Å². The number of fused-ring (bicyclic) bond motifs is 2. The topological polar surface area (TPSA) is 92.0 Å². The molecular weight excluding hydrogens is 385 g/mol. The van der Waals surface area contributed by atoms with Gasteiger partial charge in [0.05, 0.1) is 24.0 Å². The van der Waals surface area contributed by atoms with Gasteiger partial charge in [0.15, 0.2) is 11.6 Å². The second kappa shape index (κ2) is 7.32. The molecular formula is C21H24FN7O. The maximum Gasteiger partial charge on any atom is 0.185 e. The fourth-order valence-electron chi connectivity index (χ4n) is 4.54. The van der Waals surface area contributed by atoms with Crippen LogP contribution < -0.4 is 10.2 Å². The Morgan fingerprint density at radius 2 is 2.07 bits per heavy atom. The molecule has 9 heteroatoms. The molecule has 1 aromatic carbocycles. The summed E-state index contributed by atoms with van der Waals surface area (Å²) in [5.41, 5.74) is 2.25. The van der Waals surface area contributed by atoms with Crippen molar-refractivity contribution in [2.24, 2.45) is 7.05 Å². The zero-order valence-corrected chi connectivity index (χ0v) is 16.9. The van der Waals surface area contributed by atoms with E-state index in [0.29, 0.717) is 23.2 Å². The number of aromatic nitrogens is 5. The molecule has 2 aliphatic rings. The van der Waals surface area contributed by atoms with Crippen molar-refractivity contribution in [3.8, 4) is 28.3 Å². The van der Waals surface area contributed by atoms with Gasteiger partial charge in [0.2, 0.25) is 0 Å². The molecule has 2 aromatic heterocycles. The number of nitrogens with one attached hydrogen (secondary N) is 1. The van der Waals surface area contributed by atoms with Gasteiger partial charge in [-0.1, -0.05) is 6.07 Å². The Hall–Kier alpha value is -3.07. The molecule has 0 unspecified atom stereocenters. The van der Waals surface area contributed by atoms with E-state index in [0.717, 1.165) is 30.4 Å². The average molecular weight is 409 g/mol. The predicted molar refractivity (Wildman–Crippen MR) is 111 cm³/mol. The monoisotopic (exact) mass is 409 g/mol. The summed E-state index contributed by atoms with van der Waals surface area (Å²) in [5, 5.41) is 26.4. The number of aryl methyl sites for hydroxylation is 1. The van der Waals surface area contributed by atoms with Crippen molar-refractivity contribution >= 4 is 5.82 Å². The number of aromatic hydroxyl groups is 1. The van der Waals surface area contributed by atoms with Gasteiger partial charge >= 0.3 is 0 Å². The Morgan fingerprint density at radius 3 is 2.77 bits per heavy atom. The van der Waals surface area contributed by atoms with Crippen LogP contribution >= 0.6 is 0 Å². The van der Waals surface area contributed by atoms with Crippen molar-refractivity contribution in [1.82, 2.24) is 30.3 Å². The molecule has 30 heavy (non-hydrogen) atoms. The molecule has 156 valence electrons. The minimum Gasteiger partial charge on any atom is -0.507 e. The van der Waals surface area contributed by atoms with Crippen LogP contribution in [0.15, 0.2) is 36.8 Å². The smallest absolute Gasteiger partial charge is 0.185 e. The van der Waals surface area contributed by atoms with Gasteiger partial charge in [-0.15, -0.1) is 10.2 Å². The summed E-state index contributed by atoms with van der Waals surface area (Å²) in [6.45, 7) is 0. The molecule has 2 bridgehead atoms. The molecule has 0 spiro atoms. The lowest BCUT2D eigenvalue weighted by atomic mass is 9.96. The number of anilines is 1. The molecule has 0 aliphatic carbocycles. The van der Waals surface area contributed by atoms with Crippen LogP contribution in [0.3, 0.4) is 0 Å². The second-order valence-corrected chi connectivity index (χ2v) is 8.18. The Bertz CT molecular complexity index is 1050. The highest BCUT2D eigenvalue weighted by molar-refractivity contribution is 5.72. The Balaban J connectivity index is 1.36. The van der Waals surface area contributed by atoms with E-state index in [-0.39, 0.29) is 17.8 Å². The minimum atomic E-state index is -0.945. The van der Waals surface area contributed by atoms with E-state index in [1.165, 1.54) is 0 Å². The number of halogens is 1. The van der Waals surface area contributed by atoms with Crippen LogP contribution in [-0.4, -0.2) is 61.4 Å². The number of piperidine rings is 1. The van der Waals surface area contributed by atoms with Gasteiger partial charge in [-0.25, -0.2) is 9.37 Å². The molecule has 5 rings (SSSR count). The molecule has 4 atom stereocenters. The molecule has 4 heterocycles. The summed E-state index contributed by atoms with van der Waals surface area (Å²) in [6, 6.07) is 5.36. The fourth-order valence-corrected chi connectivity index (χ4v) is 4.54. The summed E-state index contributed by atoms with van der Waals surface area (Å²) in [4.78, 5) is 6.22. The first-order valence-electron chi connectivity index (χ1n) is 10.1. The number of hydrogen-bond acceptors (Lipinski definition) is 7. The Labute approximate surface area is 173 Å². The number of rotatable bonds is 4. The first kappa shape index (κ1) is 18.9. The standard InChI is InChI=1S/C21H24FN7O/c1-28-11-13(9-24-28)12-3-5-15(18(30)7-12)21-23-10-19(26-27-21)29(2)17-8-14-4-6-16(25-14)20(17)22/h3,5,7,9-11,14,16-17,20,25,30H,4,6,8H2,1-2H3/t14-,16-,17+,20-/m0/s1. The fraction of sp³-hybridized carbons (Fsp3) is 0.429. The zero-order valence-electron chi connectivity index (χ0n) is 16.9. The van der Waals surface area contributed by atoms with Gasteiger partial charge < -0.3 is 15.3 Å². The summed E-state index contributed by atoms with van der Waals surface area (Å²) in [6.07, 6.45) is 6.91. The van der Waals surface area contributed by atoms with E-state index < -0.39 is 6.17 Å². The van der Waals surface area contributed by atoms with E-state index in [4.69, 9.17) is 0 Å². The van der Waals surface area contributed by atoms with Crippen LogP contribution in [-0.2, 0) is 7.05 Å². The molecule has 2 aliphatic heterocycles. The van der Waals surface area contributed by atoms with Gasteiger partial charge in [-0.2, -0.15) is 5.10 Å². The maximum atomic E-state index is 14.8. The third-order valence-corrected chi connectivity index (χ3v) is 6.24. The first-order chi connectivity index (χ1) is 14.5. The van der Waals surface area contributed by atoms with Gasteiger partial charge in [-0.05, 0) is 37.0 Å². The van der Waals surface area contributed by atoms with Crippen molar-refractivity contribution in [2.75, 3.05) is 11.9 Å².